The number of aryl methyl sites for hydroxylation is 2. The van der Waals surface area contributed by atoms with Crippen molar-refractivity contribution in [2.24, 2.45) is 0 Å². The molecule has 29 heavy (non-hydrogen) atoms. The third-order valence-corrected chi connectivity index (χ3v) is 6.47. The van der Waals surface area contributed by atoms with E-state index in [0.717, 1.165) is 33.2 Å². The van der Waals surface area contributed by atoms with E-state index in [1.807, 2.05) is 18.7 Å². The zero-order valence-electron chi connectivity index (χ0n) is 17.5. The van der Waals surface area contributed by atoms with Crippen molar-refractivity contribution in [1.29, 1.82) is 0 Å². The van der Waals surface area contributed by atoms with Crippen LogP contribution in [0.15, 0.2) is 59.5 Å². The summed E-state index contributed by atoms with van der Waals surface area (Å²) in [6, 6.07) is 19.7. The minimum atomic E-state index is 0.994. The summed E-state index contributed by atoms with van der Waals surface area (Å²) in [7, 11) is 0. The molecule has 2 aromatic heterocycles. The second-order valence-corrected chi connectivity index (χ2v) is 8.89. The van der Waals surface area contributed by atoms with Gasteiger partial charge in [-0.2, -0.15) is 0 Å². The smallest absolute Gasteiger partial charge is 0.0968 e. The van der Waals surface area contributed by atoms with Crippen molar-refractivity contribution in [3.63, 3.8) is 0 Å². The molecule has 0 bridgehead atoms. The molecule has 3 heteroatoms. The van der Waals surface area contributed by atoms with Crippen molar-refractivity contribution >= 4 is 33.6 Å². The molecule has 0 aliphatic carbocycles. The molecule has 148 valence electrons. The number of hydrogen-bond donors (Lipinski definition) is 0. The van der Waals surface area contributed by atoms with Gasteiger partial charge in [-0.05, 0) is 55.9 Å². The van der Waals surface area contributed by atoms with Crippen molar-refractivity contribution in [3.8, 4) is 11.1 Å². The van der Waals surface area contributed by atoms with E-state index in [-0.39, 0.29) is 0 Å². The number of unbranched alkanes of at least 4 members (excludes halogenated alkanes) is 3. The van der Waals surface area contributed by atoms with Gasteiger partial charge >= 0.3 is 0 Å². The Balaban J connectivity index is 1.66. The van der Waals surface area contributed by atoms with Gasteiger partial charge in [-0.1, -0.05) is 56.5 Å². The second-order valence-electron chi connectivity index (χ2n) is 7.72. The first-order valence-electron chi connectivity index (χ1n) is 10.6. The first-order valence-corrected chi connectivity index (χ1v) is 11.6. The fraction of sp³-hybridized carbons (Fsp3) is 0.308. The van der Waals surface area contributed by atoms with Crippen LogP contribution in [0.5, 0.6) is 0 Å². The lowest BCUT2D eigenvalue weighted by Gasteiger charge is -2.11. The largest absolute Gasteiger partial charge is 0.251 e. The molecule has 0 fully saturated rings. The van der Waals surface area contributed by atoms with Gasteiger partial charge < -0.3 is 0 Å². The molecular weight excluding hydrogens is 372 g/mol. The molecule has 0 N–H and O–H groups in total. The summed E-state index contributed by atoms with van der Waals surface area (Å²) in [5.74, 6) is 1.19. The fourth-order valence-corrected chi connectivity index (χ4v) is 4.74. The van der Waals surface area contributed by atoms with Crippen LogP contribution in [-0.2, 0) is 0 Å². The van der Waals surface area contributed by atoms with Gasteiger partial charge in [-0.25, -0.2) is 0 Å². The molecule has 0 aliphatic heterocycles. The molecule has 2 aromatic carbocycles. The molecule has 0 saturated heterocycles. The van der Waals surface area contributed by atoms with E-state index >= 15 is 0 Å². The van der Waals surface area contributed by atoms with Crippen molar-refractivity contribution in [3.05, 3.63) is 66.0 Å². The molecule has 4 rings (SSSR count). The number of nitrogens with zero attached hydrogens (tertiary/aromatic N) is 2. The monoisotopic (exact) mass is 400 g/mol. The Bertz CT molecular complexity index is 1150. The summed E-state index contributed by atoms with van der Waals surface area (Å²) in [5, 5.41) is 2.29. The van der Waals surface area contributed by atoms with E-state index in [0.29, 0.717) is 0 Å². The zero-order chi connectivity index (χ0) is 20.2. The van der Waals surface area contributed by atoms with Crippen LogP contribution in [0.4, 0.5) is 0 Å². The molecule has 4 aromatic rings. The molecule has 0 radical (unpaired) electrons. The Hall–Kier alpha value is -2.39. The average Bonchev–Trinajstić information content (AvgIpc) is 2.73. The van der Waals surface area contributed by atoms with Gasteiger partial charge in [0, 0.05) is 32.6 Å². The Morgan fingerprint density at radius 2 is 1.59 bits per heavy atom. The highest BCUT2D eigenvalue weighted by atomic mass is 32.2. The highest BCUT2D eigenvalue weighted by Gasteiger charge is 2.10. The van der Waals surface area contributed by atoms with Gasteiger partial charge in [0.15, 0.2) is 0 Å². The number of thioether (sulfide) groups is 1. The van der Waals surface area contributed by atoms with E-state index in [1.54, 1.807) is 0 Å². The molecule has 2 heterocycles. The number of aromatic nitrogens is 2. The maximum absolute atomic E-state index is 4.98. The van der Waals surface area contributed by atoms with Crippen molar-refractivity contribution in [2.45, 2.75) is 51.3 Å². The molecule has 0 unspecified atom stereocenters. The Labute approximate surface area is 177 Å². The van der Waals surface area contributed by atoms with Crippen LogP contribution in [0.3, 0.4) is 0 Å². The first kappa shape index (κ1) is 19.9. The van der Waals surface area contributed by atoms with E-state index < -0.39 is 0 Å². The SMILES string of the molecule is CCCCCCSc1cccc(-c2cc3ccc4ccc(C)nc4c3nc2C)c1. The van der Waals surface area contributed by atoms with Gasteiger partial charge in [-0.3, -0.25) is 9.97 Å². The summed E-state index contributed by atoms with van der Waals surface area (Å²) in [6.45, 7) is 6.40. The van der Waals surface area contributed by atoms with Crippen LogP contribution < -0.4 is 0 Å². The number of pyridine rings is 2. The van der Waals surface area contributed by atoms with E-state index in [4.69, 9.17) is 9.97 Å². The van der Waals surface area contributed by atoms with Crippen LogP contribution in [0, 0.1) is 13.8 Å². The lowest BCUT2D eigenvalue weighted by Crippen LogP contribution is -1.93. The maximum atomic E-state index is 4.98. The van der Waals surface area contributed by atoms with E-state index in [1.165, 1.54) is 47.5 Å². The normalized spacial score (nSPS) is 11.4. The van der Waals surface area contributed by atoms with Gasteiger partial charge in [-0.15, -0.1) is 11.8 Å². The number of rotatable bonds is 7. The number of hydrogen-bond acceptors (Lipinski definition) is 3. The Morgan fingerprint density at radius 1 is 0.793 bits per heavy atom. The highest BCUT2D eigenvalue weighted by molar-refractivity contribution is 7.99. The number of benzene rings is 2. The maximum Gasteiger partial charge on any atom is 0.0968 e. The molecule has 0 aliphatic rings. The van der Waals surface area contributed by atoms with Gasteiger partial charge in [0.05, 0.1) is 11.0 Å². The predicted molar refractivity (Wildman–Crippen MR) is 127 cm³/mol. The molecule has 2 nitrogen and oxygen atoms in total. The summed E-state index contributed by atoms with van der Waals surface area (Å²) >= 11 is 1.96. The van der Waals surface area contributed by atoms with E-state index in [9.17, 15) is 0 Å². The quantitative estimate of drug-likeness (QED) is 0.180. The van der Waals surface area contributed by atoms with Crippen LogP contribution in [0.1, 0.15) is 44.0 Å². The third-order valence-electron chi connectivity index (χ3n) is 5.39. The Kier molecular flexibility index (Phi) is 6.15. The van der Waals surface area contributed by atoms with Crippen molar-refractivity contribution < 1.29 is 0 Å². The van der Waals surface area contributed by atoms with Crippen molar-refractivity contribution in [1.82, 2.24) is 9.97 Å². The van der Waals surface area contributed by atoms with Gasteiger partial charge in [0.1, 0.15) is 0 Å². The summed E-state index contributed by atoms with van der Waals surface area (Å²) in [6.07, 6.45) is 5.25. The summed E-state index contributed by atoms with van der Waals surface area (Å²) in [4.78, 5) is 11.1. The predicted octanol–water partition coefficient (Wildman–Crippen LogP) is 7.74. The van der Waals surface area contributed by atoms with Crippen molar-refractivity contribution in [2.75, 3.05) is 5.75 Å². The standard InChI is InChI=1S/C26H28N2S/c1-4-5-6-7-15-29-23-10-8-9-21(16-23)24-17-22-14-13-20-12-11-18(2)27-25(20)26(22)28-19(24)3/h8-14,16-17H,4-7,15H2,1-3H3. The van der Waals surface area contributed by atoms with Gasteiger partial charge in [0.25, 0.3) is 0 Å². The lowest BCUT2D eigenvalue weighted by atomic mass is 10.0. The van der Waals surface area contributed by atoms with Crippen LogP contribution in [0.2, 0.25) is 0 Å². The lowest BCUT2D eigenvalue weighted by molar-refractivity contribution is 0.706. The fourth-order valence-electron chi connectivity index (χ4n) is 3.77. The molecular formula is C26H28N2S. The first-order chi connectivity index (χ1) is 14.2. The molecule has 0 saturated carbocycles. The minimum absolute atomic E-state index is 0.994. The molecule has 0 spiro atoms. The molecule has 0 atom stereocenters. The minimum Gasteiger partial charge on any atom is -0.251 e. The highest BCUT2D eigenvalue weighted by Crippen LogP contribution is 2.32. The van der Waals surface area contributed by atoms with E-state index in [2.05, 4.69) is 68.4 Å². The molecule has 0 amide bonds. The van der Waals surface area contributed by atoms with Crippen LogP contribution >= 0.6 is 11.8 Å². The Morgan fingerprint density at radius 3 is 2.45 bits per heavy atom. The average molecular weight is 401 g/mol. The zero-order valence-corrected chi connectivity index (χ0v) is 18.4. The summed E-state index contributed by atoms with van der Waals surface area (Å²) < 4.78 is 0. The second kappa shape index (κ2) is 8.96. The van der Waals surface area contributed by atoms with Crippen LogP contribution in [0.25, 0.3) is 32.9 Å². The van der Waals surface area contributed by atoms with Gasteiger partial charge in [0.2, 0.25) is 0 Å². The number of fused-ring (bicyclic) bond motifs is 3. The van der Waals surface area contributed by atoms with Crippen LogP contribution in [-0.4, -0.2) is 15.7 Å². The summed E-state index contributed by atoms with van der Waals surface area (Å²) in [5.41, 5.74) is 6.52. The topological polar surface area (TPSA) is 25.8 Å². The third kappa shape index (κ3) is 4.45.